The maximum atomic E-state index is 12.7. The van der Waals surface area contributed by atoms with E-state index in [2.05, 4.69) is 36.8 Å². The van der Waals surface area contributed by atoms with Crippen LogP contribution < -0.4 is 4.90 Å². The van der Waals surface area contributed by atoms with E-state index in [0.29, 0.717) is 9.08 Å². The summed E-state index contributed by atoms with van der Waals surface area (Å²) in [6.45, 7) is 5.17. The van der Waals surface area contributed by atoms with Crippen molar-refractivity contribution in [3.05, 3.63) is 45.5 Å². The van der Waals surface area contributed by atoms with E-state index in [1.165, 1.54) is 18.6 Å². The van der Waals surface area contributed by atoms with Gasteiger partial charge in [-0.2, -0.15) is 0 Å². The van der Waals surface area contributed by atoms with Crippen molar-refractivity contribution in [2.24, 2.45) is 0 Å². The van der Waals surface area contributed by atoms with Crippen LogP contribution in [0.15, 0.2) is 44.3 Å². The Morgan fingerprint density at radius 3 is 2.57 bits per heavy atom. The molecule has 0 unspecified atom stereocenters. The number of rotatable bonds is 2. The van der Waals surface area contributed by atoms with Crippen LogP contribution in [0.5, 0.6) is 0 Å². The van der Waals surface area contributed by atoms with Gasteiger partial charge in [0, 0.05) is 10.7 Å². The summed E-state index contributed by atoms with van der Waals surface area (Å²) in [5.41, 5.74) is -0.264. The quantitative estimate of drug-likeness (QED) is 0.621. The lowest BCUT2D eigenvalue weighted by Gasteiger charge is -2.26. The Bertz CT molecular complexity index is 724. The van der Waals surface area contributed by atoms with Crippen molar-refractivity contribution in [2.45, 2.75) is 26.4 Å². The van der Waals surface area contributed by atoms with Crippen LogP contribution in [0.3, 0.4) is 0 Å². The normalized spacial score (nSPS) is 11.2. The number of hydrogen-bond acceptors (Lipinski definition) is 5. The molecule has 0 radical (unpaired) electrons. The SMILES string of the molecule is CC(C)(C)OC(=O)N(C(=O)c1ccoc1)c1cc(Br)cnc1Br. The van der Waals surface area contributed by atoms with Crippen LogP contribution in [-0.2, 0) is 4.74 Å². The van der Waals surface area contributed by atoms with Gasteiger partial charge in [0.05, 0.1) is 17.5 Å². The minimum atomic E-state index is -0.802. The molecule has 2 aromatic heterocycles. The van der Waals surface area contributed by atoms with Gasteiger partial charge in [-0.05, 0) is 64.8 Å². The van der Waals surface area contributed by atoms with E-state index in [0.717, 1.165) is 4.90 Å². The highest BCUT2D eigenvalue weighted by Crippen LogP contribution is 2.30. The molecule has 0 aliphatic rings. The van der Waals surface area contributed by atoms with Crippen molar-refractivity contribution in [3.63, 3.8) is 0 Å². The lowest BCUT2D eigenvalue weighted by molar-refractivity contribution is 0.0564. The second kappa shape index (κ2) is 6.84. The molecule has 0 atom stereocenters. The molecule has 2 amide bonds. The fraction of sp³-hybridized carbons (Fsp3) is 0.267. The zero-order valence-electron chi connectivity index (χ0n) is 12.7. The maximum Gasteiger partial charge on any atom is 0.422 e. The van der Waals surface area contributed by atoms with Crippen LogP contribution in [0.4, 0.5) is 10.5 Å². The van der Waals surface area contributed by atoms with Gasteiger partial charge < -0.3 is 9.15 Å². The number of carbonyl (C=O) groups excluding carboxylic acids is 2. The average Bonchev–Trinajstić information content (AvgIpc) is 2.95. The first-order chi connectivity index (χ1) is 10.7. The number of ether oxygens (including phenoxy) is 1. The molecule has 122 valence electrons. The monoisotopic (exact) mass is 444 g/mol. The number of pyridine rings is 1. The number of nitrogens with zero attached hydrogens (tertiary/aromatic N) is 2. The van der Waals surface area contributed by atoms with Crippen molar-refractivity contribution in [1.29, 1.82) is 0 Å². The lowest BCUT2D eigenvalue weighted by atomic mass is 10.2. The minimum Gasteiger partial charge on any atom is -0.472 e. The summed E-state index contributed by atoms with van der Waals surface area (Å²) in [7, 11) is 0. The van der Waals surface area contributed by atoms with Crippen LogP contribution in [0.1, 0.15) is 31.1 Å². The van der Waals surface area contributed by atoms with E-state index in [1.807, 2.05) is 0 Å². The Hall–Kier alpha value is -1.67. The summed E-state index contributed by atoms with van der Waals surface area (Å²) in [5.74, 6) is -0.575. The van der Waals surface area contributed by atoms with Crippen LogP contribution in [0.25, 0.3) is 0 Å². The summed E-state index contributed by atoms with van der Waals surface area (Å²) in [6.07, 6.45) is 3.36. The van der Waals surface area contributed by atoms with E-state index in [1.54, 1.807) is 33.0 Å². The summed E-state index contributed by atoms with van der Waals surface area (Å²) < 4.78 is 11.2. The highest BCUT2D eigenvalue weighted by molar-refractivity contribution is 9.11. The third kappa shape index (κ3) is 4.42. The van der Waals surface area contributed by atoms with Crippen molar-refractivity contribution in [3.8, 4) is 0 Å². The third-order valence-corrected chi connectivity index (χ3v) is 3.62. The first-order valence-electron chi connectivity index (χ1n) is 6.60. The van der Waals surface area contributed by atoms with Crippen molar-refractivity contribution in [2.75, 3.05) is 4.90 Å². The summed E-state index contributed by atoms with van der Waals surface area (Å²) in [4.78, 5) is 30.2. The number of imide groups is 1. The van der Waals surface area contributed by atoms with E-state index in [-0.39, 0.29) is 11.3 Å². The number of aromatic nitrogens is 1. The molecule has 2 aromatic rings. The Morgan fingerprint density at radius 2 is 2.00 bits per heavy atom. The van der Waals surface area contributed by atoms with E-state index < -0.39 is 17.6 Å². The molecule has 6 nitrogen and oxygen atoms in total. The molecule has 0 aliphatic carbocycles. The fourth-order valence-electron chi connectivity index (χ4n) is 1.68. The predicted octanol–water partition coefficient (Wildman–Crippen LogP) is 4.78. The summed E-state index contributed by atoms with van der Waals surface area (Å²) in [5, 5.41) is 0. The Balaban J connectivity index is 2.49. The molecule has 8 heteroatoms. The van der Waals surface area contributed by atoms with E-state index >= 15 is 0 Å². The predicted molar refractivity (Wildman–Crippen MR) is 91.4 cm³/mol. The molecular weight excluding hydrogens is 432 g/mol. The summed E-state index contributed by atoms with van der Waals surface area (Å²) >= 11 is 6.53. The van der Waals surface area contributed by atoms with Crippen molar-refractivity contribution < 1.29 is 18.7 Å². The fourth-order valence-corrected chi connectivity index (χ4v) is 2.40. The Kier molecular flexibility index (Phi) is 5.26. The number of anilines is 1. The van der Waals surface area contributed by atoms with Gasteiger partial charge in [0.2, 0.25) is 0 Å². The molecule has 2 heterocycles. The first-order valence-corrected chi connectivity index (χ1v) is 8.18. The lowest BCUT2D eigenvalue weighted by Crippen LogP contribution is -2.41. The molecule has 0 N–H and O–H groups in total. The number of furan rings is 1. The molecule has 0 aromatic carbocycles. The van der Waals surface area contributed by atoms with Gasteiger partial charge in [0.1, 0.15) is 16.5 Å². The standard InChI is InChI=1S/C15H14Br2N2O4/c1-15(2,3)23-14(21)19(13(20)9-4-5-22-8-9)11-6-10(16)7-18-12(11)17/h4-8H,1-3H3. The van der Waals surface area contributed by atoms with Gasteiger partial charge in [0.25, 0.3) is 5.91 Å². The average molecular weight is 446 g/mol. The van der Waals surface area contributed by atoms with Crippen LogP contribution in [0.2, 0.25) is 0 Å². The summed E-state index contributed by atoms with van der Waals surface area (Å²) in [6, 6.07) is 3.07. The Morgan fingerprint density at radius 1 is 1.30 bits per heavy atom. The topological polar surface area (TPSA) is 72.6 Å². The zero-order valence-corrected chi connectivity index (χ0v) is 15.8. The molecule has 23 heavy (non-hydrogen) atoms. The molecule has 0 fully saturated rings. The minimum absolute atomic E-state index is 0.225. The van der Waals surface area contributed by atoms with E-state index in [9.17, 15) is 9.59 Å². The molecule has 0 spiro atoms. The van der Waals surface area contributed by atoms with Gasteiger partial charge in [-0.25, -0.2) is 14.7 Å². The van der Waals surface area contributed by atoms with Crippen LogP contribution in [0, 0.1) is 0 Å². The second-order valence-electron chi connectivity index (χ2n) is 5.60. The highest BCUT2D eigenvalue weighted by Gasteiger charge is 2.32. The maximum absolute atomic E-state index is 12.7. The van der Waals surface area contributed by atoms with Crippen LogP contribution >= 0.6 is 31.9 Å². The number of carbonyl (C=O) groups is 2. The van der Waals surface area contributed by atoms with Gasteiger partial charge in [-0.3, -0.25) is 4.79 Å². The highest BCUT2D eigenvalue weighted by atomic mass is 79.9. The molecular formula is C15H14Br2N2O4. The smallest absolute Gasteiger partial charge is 0.422 e. The molecule has 0 saturated carbocycles. The molecule has 2 rings (SSSR count). The van der Waals surface area contributed by atoms with Crippen LogP contribution in [-0.4, -0.2) is 22.6 Å². The largest absolute Gasteiger partial charge is 0.472 e. The zero-order chi connectivity index (χ0) is 17.2. The van der Waals surface area contributed by atoms with E-state index in [4.69, 9.17) is 9.15 Å². The van der Waals surface area contributed by atoms with Gasteiger partial charge in [-0.15, -0.1) is 0 Å². The number of hydrogen-bond donors (Lipinski definition) is 0. The van der Waals surface area contributed by atoms with Gasteiger partial charge >= 0.3 is 6.09 Å². The number of amides is 2. The molecule has 0 saturated heterocycles. The van der Waals surface area contributed by atoms with Gasteiger partial charge in [-0.1, -0.05) is 0 Å². The first kappa shape index (κ1) is 17.7. The van der Waals surface area contributed by atoms with Gasteiger partial charge in [0.15, 0.2) is 0 Å². The number of halogens is 2. The van der Waals surface area contributed by atoms with Crippen molar-refractivity contribution in [1.82, 2.24) is 4.98 Å². The molecule has 0 aliphatic heterocycles. The third-order valence-electron chi connectivity index (χ3n) is 2.58. The molecule has 0 bridgehead atoms. The second-order valence-corrected chi connectivity index (χ2v) is 7.26. The van der Waals surface area contributed by atoms with Crippen molar-refractivity contribution >= 4 is 49.5 Å². The Labute approximate surface area is 150 Å².